The lowest BCUT2D eigenvalue weighted by Gasteiger charge is -2.19. The van der Waals surface area contributed by atoms with Crippen LogP contribution in [0.5, 0.6) is 0 Å². The van der Waals surface area contributed by atoms with Crippen molar-refractivity contribution in [3.8, 4) is 0 Å². The first-order valence-electron chi connectivity index (χ1n) is 4.78. The highest BCUT2D eigenvalue weighted by Gasteiger charge is 2.30. The van der Waals surface area contributed by atoms with Crippen LogP contribution in [0, 0.1) is 5.41 Å². The molecule has 0 spiro atoms. The van der Waals surface area contributed by atoms with Gasteiger partial charge in [-0.15, -0.1) is 0 Å². The van der Waals surface area contributed by atoms with E-state index in [0.29, 0.717) is 11.4 Å². The Labute approximate surface area is 98.6 Å². The van der Waals surface area contributed by atoms with E-state index in [9.17, 15) is 0 Å². The van der Waals surface area contributed by atoms with Crippen LogP contribution in [0.1, 0.15) is 20.3 Å². The number of nitrogens with zero attached hydrogens (tertiary/aromatic N) is 4. The molecule has 1 saturated heterocycles. The second-order valence-corrected chi connectivity index (χ2v) is 5.19. The van der Waals surface area contributed by atoms with Crippen LogP contribution in [0.2, 0.25) is 10.6 Å². The smallest absolute Gasteiger partial charge is 0.230 e. The summed E-state index contributed by atoms with van der Waals surface area (Å²) in [5.74, 6) is 0.575. The molecule has 0 atom stereocenters. The molecule has 2 heterocycles. The third-order valence-corrected chi connectivity index (χ3v) is 2.87. The summed E-state index contributed by atoms with van der Waals surface area (Å²) in [6.45, 7) is 6.29. The van der Waals surface area contributed by atoms with Gasteiger partial charge in [0.05, 0.1) is 0 Å². The van der Waals surface area contributed by atoms with Gasteiger partial charge in [-0.2, -0.15) is 15.0 Å². The number of hydrogen-bond donors (Lipinski definition) is 0. The minimum atomic E-state index is 0.148. The van der Waals surface area contributed by atoms with Crippen LogP contribution in [0.4, 0.5) is 5.95 Å². The minimum Gasteiger partial charge on any atom is -0.340 e. The van der Waals surface area contributed by atoms with Crippen molar-refractivity contribution in [1.82, 2.24) is 15.0 Å². The molecule has 0 amide bonds. The summed E-state index contributed by atoms with van der Waals surface area (Å²) in [5.41, 5.74) is 0.297. The van der Waals surface area contributed by atoms with Crippen LogP contribution >= 0.6 is 23.2 Å². The van der Waals surface area contributed by atoms with Gasteiger partial charge in [0.1, 0.15) is 0 Å². The Bertz CT molecular complexity index is 360. The molecule has 0 aliphatic carbocycles. The zero-order valence-corrected chi connectivity index (χ0v) is 10.2. The van der Waals surface area contributed by atoms with E-state index in [2.05, 4.69) is 33.7 Å². The number of aromatic nitrogens is 3. The average molecular weight is 247 g/mol. The lowest BCUT2D eigenvalue weighted by Crippen LogP contribution is -2.24. The highest BCUT2D eigenvalue weighted by molar-refractivity contribution is 6.31. The van der Waals surface area contributed by atoms with Crippen molar-refractivity contribution < 1.29 is 0 Å². The Balaban J connectivity index is 2.24. The maximum atomic E-state index is 5.73. The quantitative estimate of drug-likeness (QED) is 0.764. The molecule has 0 unspecified atom stereocenters. The molecule has 0 radical (unpaired) electrons. The molecule has 82 valence electrons. The third kappa shape index (κ3) is 2.49. The van der Waals surface area contributed by atoms with Crippen molar-refractivity contribution in [3.63, 3.8) is 0 Å². The van der Waals surface area contributed by atoms with E-state index in [1.807, 2.05) is 0 Å². The average Bonchev–Trinajstić information content (AvgIpc) is 2.44. The normalized spacial score (nSPS) is 19.6. The first kappa shape index (κ1) is 10.9. The summed E-state index contributed by atoms with van der Waals surface area (Å²) in [7, 11) is 0. The number of hydrogen-bond acceptors (Lipinski definition) is 4. The van der Waals surface area contributed by atoms with Gasteiger partial charge in [-0.05, 0) is 35.0 Å². The fourth-order valence-electron chi connectivity index (χ4n) is 1.74. The largest absolute Gasteiger partial charge is 0.340 e. The van der Waals surface area contributed by atoms with Crippen LogP contribution in [0.3, 0.4) is 0 Å². The fraction of sp³-hybridized carbons (Fsp3) is 0.667. The van der Waals surface area contributed by atoms with Gasteiger partial charge < -0.3 is 4.90 Å². The minimum absolute atomic E-state index is 0.148. The summed E-state index contributed by atoms with van der Waals surface area (Å²) >= 11 is 11.5. The highest BCUT2D eigenvalue weighted by atomic mass is 35.5. The zero-order chi connectivity index (χ0) is 11.1. The van der Waals surface area contributed by atoms with Crippen molar-refractivity contribution in [2.24, 2.45) is 5.41 Å². The monoisotopic (exact) mass is 246 g/mol. The van der Waals surface area contributed by atoms with E-state index in [1.165, 1.54) is 0 Å². The molecule has 1 aromatic rings. The molecule has 6 heteroatoms. The lowest BCUT2D eigenvalue weighted by atomic mass is 9.93. The Kier molecular flexibility index (Phi) is 2.73. The molecule has 4 nitrogen and oxygen atoms in total. The number of anilines is 1. The predicted molar refractivity (Wildman–Crippen MR) is 60.5 cm³/mol. The van der Waals surface area contributed by atoms with Crippen molar-refractivity contribution in [1.29, 1.82) is 0 Å². The van der Waals surface area contributed by atoms with Crippen molar-refractivity contribution in [3.05, 3.63) is 10.6 Å². The van der Waals surface area contributed by atoms with Gasteiger partial charge in [0.2, 0.25) is 16.5 Å². The number of halogens is 2. The second kappa shape index (κ2) is 3.76. The molecule has 0 saturated carbocycles. The molecular weight excluding hydrogens is 235 g/mol. The van der Waals surface area contributed by atoms with Crippen molar-refractivity contribution in [2.45, 2.75) is 20.3 Å². The molecular formula is C9H12Cl2N4. The van der Waals surface area contributed by atoms with E-state index in [0.717, 1.165) is 19.5 Å². The Morgan fingerprint density at radius 1 is 1.13 bits per heavy atom. The van der Waals surface area contributed by atoms with Gasteiger partial charge in [-0.3, -0.25) is 0 Å². The molecule has 0 bridgehead atoms. The van der Waals surface area contributed by atoms with Crippen LogP contribution in [0.15, 0.2) is 0 Å². The fourth-order valence-corrected chi connectivity index (χ4v) is 2.10. The maximum Gasteiger partial charge on any atom is 0.230 e. The maximum absolute atomic E-state index is 5.73. The SMILES string of the molecule is CC1(C)CCN(c2nc(Cl)nc(Cl)n2)C1. The first-order valence-corrected chi connectivity index (χ1v) is 5.54. The highest BCUT2D eigenvalue weighted by Crippen LogP contribution is 2.31. The van der Waals surface area contributed by atoms with Gasteiger partial charge in [-0.1, -0.05) is 13.8 Å². The van der Waals surface area contributed by atoms with Gasteiger partial charge >= 0.3 is 0 Å². The zero-order valence-electron chi connectivity index (χ0n) is 8.67. The van der Waals surface area contributed by atoms with Gasteiger partial charge in [0, 0.05) is 13.1 Å². The molecule has 1 aliphatic rings. The molecule has 0 aromatic carbocycles. The molecule has 1 aromatic heterocycles. The predicted octanol–water partition coefficient (Wildman–Crippen LogP) is 2.41. The lowest BCUT2D eigenvalue weighted by molar-refractivity contribution is 0.418. The molecule has 2 rings (SSSR count). The first-order chi connectivity index (χ1) is 6.96. The Morgan fingerprint density at radius 3 is 2.20 bits per heavy atom. The van der Waals surface area contributed by atoms with Gasteiger partial charge in [0.25, 0.3) is 0 Å². The van der Waals surface area contributed by atoms with E-state index in [1.54, 1.807) is 0 Å². The Morgan fingerprint density at radius 2 is 1.73 bits per heavy atom. The Hall–Kier alpha value is -0.610. The van der Waals surface area contributed by atoms with E-state index in [-0.39, 0.29) is 10.6 Å². The molecule has 0 N–H and O–H groups in total. The summed E-state index contributed by atoms with van der Waals surface area (Å²) in [6, 6.07) is 0. The van der Waals surface area contributed by atoms with Crippen molar-refractivity contribution >= 4 is 29.2 Å². The summed E-state index contributed by atoms with van der Waals surface area (Å²) in [6.07, 6.45) is 1.12. The van der Waals surface area contributed by atoms with Crippen LogP contribution in [-0.4, -0.2) is 28.0 Å². The molecule has 1 fully saturated rings. The third-order valence-electron chi connectivity index (χ3n) is 2.53. The topological polar surface area (TPSA) is 41.9 Å². The van der Waals surface area contributed by atoms with Crippen molar-refractivity contribution in [2.75, 3.05) is 18.0 Å². The summed E-state index contributed by atoms with van der Waals surface area (Å²) < 4.78 is 0. The van der Waals surface area contributed by atoms with Crippen LogP contribution < -0.4 is 4.90 Å². The van der Waals surface area contributed by atoms with E-state index >= 15 is 0 Å². The van der Waals surface area contributed by atoms with Gasteiger partial charge in [-0.25, -0.2) is 0 Å². The van der Waals surface area contributed by atoms with Crippen LogP contribution in [-0.2, 0) is 0 Å². The standard InChI is InChI=1S/C9H12Cl2N4/c1-9(2)3-4-15(5-9)8-13-6(10)12-7(11)14-8/h3-5H2,1-2H3. The second-order valence-electron chi connectivity index (χ2n) is 4.51. The van der Waals surface area contributed by atoms with Crippen LogP contribution in [0.25, 0.3) is 0 Å². The molecule has 1 aliphatic heterocycles. The van der Waals surface area contributed by atoms with Gasteiger partial charge in [0.15, 0.2) is 0 Å². The number of rotatable bonds is 1. The summed E-state index contributed by atoms with van der Waals surface area (Å²) in [5, 5.41) is 0.296. The summed E-state index contributed by atoms with van der Waals surface area (Å²) in [4.78, 5) is 13.9. The van der Waals surface area contributed by atoms with E-state index < -0.39 is 0 Å². The van der Waals surface area contributed by atoms with E-state index in [4.69, 9.17) is 23.2 Å². The molecule has 15 heavy (non-hydrogen) atoms.